The largest absolute Gasteiger partial charge is 0.374 e. The second-order valence-corrected chi connectivity index (χ2v) is 5.53. The second kappa shape index (κ2) is 6.97. The molecule has 2 aromatic rings. The minimum atomic E-state index is 0.792. The Hall–Kier alpha value is -0.990. The van der Waals surface area contributed by atoms with Crippen LogP contribution in [0.1, 0.15) is 11.1 Å². The third kappa shape index (κ3) is 3.99. The van der Waals surface area contributed by atoms with E-state index in [2.05, 4.69) is 64.3 Å². The number of hydrogen-bond donors (Lipinski definition) is 0. The molecule has 3 heteroatoms. The van der Waals surface area contributed by atoms with E-state index in [9.17, 15) is 0 Å². The molecule has 0 aliphatic carbocycles. The van der Waals surface area contributed by atoms with Gasteiger partial charge in [-0.15, -0.1) is 0 Å². The zero-order chi connectivity index (χ0) is 13.7. The van der Waals surface area contributed by atoms with Crippen molar-refractivity contribution in [1.82, 2.24) is 0 Å². The average Bonchev–Trinajstić information content (AvgIpc) is 2.45. The SMILES string of the molecule is CN(CCc1ccccc1)c1ccc(CBr)c(Cl)c1. The number of hydrogen-bond acceptors (Lipinski definition) is 1. The van der Waals surface area contributed by atoms with Crippen LogP contribution in [-0.2, 0) is 11.8 Å². The first-order valence-corrected chi connectivity index (χ1v) is 7.80. The maximum atomic E-state index is 6.23. The lowest BCUT2D eigenvalue weighted by molar-refractivity contribution is 0.876. The molecule has 0 radical (unpaired) electrons. The van der Waals surface area contributed by atoms with Gasteiger partial charge in [-0.3, -0.25) is 0 Å². The smallest absolute Gasteiger partial charge is 0.0467 e. The zero-order valence-electron chi connectivity index (χ0n) is 10.9. The first-order valence-electron chi connectivity index (χ1n) is 6.30. The summed E-state index contributed by atoms with van der Waals surface area (Å²) in [6, 6.07) is 16.8. The fraction of sp³-hybridized carbons (Fsp3) is 0.250. The molecule has 0 atom stereocenters. The minimum Gasteiger partial charge on any atom is -0.374 e. The van der Waals surface area contributed by atoms with Gasteiger partial charge in [0.2, 0.25) is 0 Å². The highest BCUT2D eigenvalue weighted by Crippen LogP contribution is 2.24. The minimum absolute atomic E-state index is 0.792. The zero-order valence-corrected chi connectivity index (χ0v) is 13.3. The Morgan fingerprint density at radius 1 is 1.11 bits per heavy atom. The third-order valence-electron chi connectivity index (χ3n) is 3.20. The van der Waals surface area contributed by atoms with Crippen LogP contribution in [0.2, 0.25) is 5.02 Å². The lowest BCUT2D eigenvalue weighted by Crippen LogP contribution is -2.20. The molecule has 1 nitrogen and oxygen atoms in total. The molecule has 0 saturated heterocycles. The first-order chi connectivity index (χ1) is 9.20. The molecule has 100 valence electrons. The Bertz CT molecular complexity index is 528. The molecule has 0 saturated carbocycles. The van der Waals surface area contributed by atoms with Gasteiger partial charge in [0.05, 0.1) is 0 Å². The Morgan fingerprint density at radius 2 is 1.84 bits per heavy atom. The van der Waals surface area contributed by atoms with Gasteiger partial charge in [0, 0.05) is 29.6 Å². The van der Waals surface area contributed by atoms with Crippen LogP contribution in [0.25, 0.3) is 0 Å². The molecule has 19 heavy (non-hydrogen) atoms. The molecule has 0 N–H and O–H groups in total. The Labute approximate surface area is 128 Å². The molecule has 0 bridgehead atoms. The van der Waals surface area contributed by atoms with E-state index >= 15 is 0 Å². The average molecular weight is 339 g/mol. The molecule has 0 heterocycles. The van der Waals surface area contributed by atoms with Crippen molar-refractivity contribution >= 4 is 33.2 Å². The molecule has 0 spiro atoms. The molecule has 2 aromatic carbocycles. The van der Waals surface area contributed by atoms with E-state index in [-0.39, 0.29) is 0 Å². The number of alkyl halides is 1. The van der Waals surface area contributed by atoms with Crippen molar-refractivity contribution in [2.24, 2.45) is 0 Å². The summed E-state index contributed by atoms with van der Waals surface area (Å²) < 4.78 is 0. The highest BCUT2D eigenvalue weighted by Gasteiger charge is 2.05. The van der Waals surface area contributed by atoms with E-state index in [0.29, 0.717) is 0 Å². The predicted octanol–water partition coefficient (Wildman–Crippen LogP) is 4.91. The van der Waals surface area contributed by atoms with Crippen LogP contribution in [0.3, 0.4) is 0 Å². The van der Waals surface area contributed by atoms with Gasteiger partial charge in [-0.2, -0.15) is 0 Å². The molecule has 0 aromatic heterocycles. The van der Waals surface area contributed by atoms with Gasteiger partial charge in [-0.05, 0) is 29.7 Å². The van der Waals surface area contributed by atoms with E-state index in [1.54, 1.807) is 0 Å². The van der Waals surface area contributed by atoms with Crippen LogP contribution >= 0.6 is 27.5 Å². The third-order valence-corrected chi connectivity index (χ3v) is 4.16. The predicted molar refractivity (Wildman–Crippen MR) is 87.5 cm³/mol. The van der Waals surface area contributed by atoms with Crippen molar-refractivity contribution in [2.45, 2.75) is 11.8 Å². The summed E-state index contributed by atoms with van der Waals surface area (Å²) in [5.41, 5.74) is 3.64. The second-order valence-electron chi connectivity index (χ2n) is 4.57. The Kier molecular flexibility index (Phi) is 5.29. The van der Waals surface area contributed by atoms with Crippen molar-refractivity contribution in [3.05, 3.63) is 64.7 Å². The summed E-state index contributed by atoms with van der Waals surface area (Å²) in [4.78, 5) is 2.23. The summed E-state index contributed by atoms with van der Waals surface area (Å²) in [7, 11) is 2.10. The fourth-order valence-corrected chi connectivity index (χ4v) is 2.84. The first kappa shape index (κ1) is 14.4. The number of halogens is 2. The molecule has 0 amide bonds. The normalized spacial score (nSPS) is 10.5. The number of anilines is 1. The van der Waals surface area contributed by atoms with Crippen LogP contribution < -0.4 is 4.90 Å². The van der Waals surface area contributed by atoms with Gasteiger partial charge in [0.15, 0.2) is 0 Å². The maximum Gasteiger partial charge on any atom is 0.0467 e. The monoisotopic (exact) mass is 337 g/mol. The summed E-state index contributed by atoms with van der Waals surface area (Å²) in [5.74, 6) is 0. The van der Waals surface area contributed by atoms with Crippen LogP contribution in [0.15, 0.2) is 48.5 Å². The number of nitrogens with zero attached hydrogens (tertiary/aromatic N) is 1. The van der Waals surface area contributed by atoms with E-state index in [1.165, 1.54) is 5.56 Å². The molecular weight excluding hydrogens is 322 g/mol. The lowest BCUT2D eigenvalue weighted by Gasteiger charge is -2.20. The molecule has 2 rings (SSSR count). The highest BCUT2D eigenvalue weighted by molar-refractivity contribution is 9.08. The molecule has 0 aliphatic heterocycles. The summed E-state index contributed by atoms with van der Waals surface area (Å²) in [6.07, 6.45) is 1.04. The highest BCUT2D eigenvalue weighted by atomic mass is 79.9. The molecule has 0 fully saturated rings. The number of likely N-dealkylation sites (N-methyl/N-ethyl adjacent to an activating group) is 1. The van der Waals surface area contributed by atoms with E-state index < -0.39 is 0 Å². The van der Waals surface area contributed by atoms with Crippen molar-refractivity contribution in [1.29, 1.82) is 0 Å². The Balaban J connectivity index is 2.00. The number of rotatable bonds is 5. The summed E-state index contributed by atoms with van der Waals surface area (Å²) in [6.45, 7) is 0.980. The van der Waals surface area contributed by atoms with E-state index in [1.807, 2.05) is 12.1 Å². The quantitative estimate of drug-likeness (QED) is 0.700. The number of benzene rings is 2. The molecule has 0 aliphatic rings. The van der Waals surface area contributed by atoms with Gasteiger partial charge in [0.25, 0.3) is 0 Å². The fourth-order valence-electron chi connectivity index (χ4n) is 1.95. The molecule has 0 unspecified atom stereocenters. The maximum absolute atomic E-state index is 6.23. The van der Waals surface area contributed by atoms with Crippen LogP contribution in [0, 0.1) is 0 Å². The van der Waals surface area contributed by atoms with E-state index in [0.717, 1.165) is 34.6 Å². The molecular formula is C16H17BrClN. The van der Waals surface area contributed by atoms with Gasteiger partial charge >= 0.3 is 0 Å². The van der Waals surface area contributed by atoms with Crippen LogP contribution in [0.5, 0.6) is 0 Å². The van der Waals surface area contributed by atoms with Crippen molar-refractivity contribution < 1.29 is 0 Å². The topological polar surface area (TPSA) is 3.24 Å². The van der Waals surface area contributed by atoms with Crippen molar-refractivity contribution in [3.63, 3.8) is 0 Å². The lowest BCUT2D eigenvalue weighted by atomic mass is 10.1. The van der Waals surface area contributed by atoms with Crippen molar-refractivity contribution in [2.75, 3.05) is 18.5 Å². The standard InChI is InChI=1S/C16H17BrClN/c1-19(10-9-13-5-3-2-4-6-13)15-8-7-14(12-17)16(18)11-15/h2-8,11H,9-10,12H2,1H3. The van der Waals surface area contributed by atoms with Crippen LogP contribution in [-0.4, -0.2) is 13.6 Å². The van der Waals surface area contributed by atoms with Gasteiger partial charge < -0.3 is 4.90 Å². The van der Waals surface area contributed by atoms with Crippen LogP contribution in [0.4, 0.5) is 5.69 Å². The summed E-state index contributed by atoms with van der Waals surface area (Å²) >= 11 is 9.67. The van der Waals surface area contributed by atoms with E-state index in [4.69, 9.17) is 11.6 Å². The van der Waals surface area contributed by atoms with Gasteiger partial charge in [-0.25, -0.2) is 0 Å². The van der Waals surface area contributed by atoms with Gasteiger partial charge in [0.1, 0.15) is 0 Å². The van der Waals surface area contributed by atoms with Gasteiger partial charge in [-0.1, -0.05) is 63.9 Å². The Morgan fingerprint density at radius 3 is 2.47 bits per heavy atom. The van der Waals surface area contributed by atoms with Crippen molar-refractivity contribution in [3.8, 4) is 0 Å². The summed E-state index contributed by atoms with van der Waals surface area (Å²) in [5, 5.41) is 1.61.